The van der Waals surface area contributed by atoms with E-state index in [4.69, 9.17) is 9.47 Å². The van der Waals surface area contributed by atoms with Gasteiger partial charge in [-0.05, 0) is 38.3 Å². The summed E-state index contributed by atoms with van der Waals surface area (Å²) in [4.78, 5) is 86.4. The number of nitrogens with zero attached hydrogens (tertiary/aromatic N) is 5. The van der Waals surface area contributed by atoms with Crippen LogP contribution in [0.5, 0.6) is 5.75 Å². The van der Waals surface area contributed by atoms with E-state index < -0.39 is 36.0 Å². The summed E-state index contributed by atoms with van der Waals surface area (Å²) < 4.78 is 10.9. The summed E-state index contributed by atoms with van der Waals surface area (Å²) in [6, 6.07) is 6.52. The van der Waals surface area contributed by atoms with Gasteiger partial charge in [-0.1, -0.05) is 12.1 Å². The van der Waals surface area contributed by atoms with Crippen LogP contribution in [0, 0.1) is 0 Å². The Labute approximate surface area is 266 Å². The Bertz CT molecular complexity index is 1470. The number of rotatable bonds is 11. The molecule has 2 unspecified atom stereocenters. The highest BCUT2D eigenvalue weighted by molar-refractivity contribution is 5.99. The molecule has 2 atom stereocenters. The molecule has 0 spiro atoms. The van der Waals surface area contributed by atoms with E-state index >= 15 is 0 Å². The zero-order chi connectivity index (χ0) is 33.4. The lowest BCUT2D eigenvalue weighted by atomic mass is 10.1. The minimum atomic E-state index is -1.17. The molecule has 2 aliphatic heterocycles. The Morgan fingerprint density at radius 3 is 2.41 bits per heavy atom. The van der Waals surface area contributed by atoms with Crippen LogP contribution in [0.25, 0.3) is 10.9 Å². The number of aromatic nitrogens is 1. The Morgan fingerprint density at radius 2 is 1.74 bits per heavy atom. The van der Waals surface area contributed by atoms with Gasteiger partial charge in [0.2, 0.25) is 11.8 Å². The second kappa shape index (κ2) is 15.4. The monoisotopic (exact) mass is 640 g/mol. The van der Waals surface area contributed by atoms with Gasteiger partial charge in [0.1, 0.15) is 23.5 Å². The van der Waals surface area contributed by atoms with Crippen molar-refractivity contribution in [3.05, 3.63) is 36.0 Å². The van der Waals surface area contributed by atoms with Gasteiger partial charge < -0.3 is 39.5 Å². The molecule has 0 saturated carbocycles. The number of carbonyl (C=O) groups excluding carboxylic acids is 5. The van der Waals surface area contributed by atoms with Gasteiger partial charge in [-0.3, -0.25) is 24.0 Å². The van der Waals surface area contributed by atoms with Crippen LogP contribution in [0.2, 0.25) is 0 Å². The van der Waals surface area contributed by atoms with Gasteiger partial charge in [-0.2, -0.15) is 0 Å². The molecule has 2 aliphatic rings. The molecule has 1 aromatic carbocycles. The number of fused-ring (bicyclic) bond motifs is 1. The summed E-state index contributed by atoms with van der Waals surface area (Å²) in [6.45, 7) is 2.83. The summed E-state index contributed by atoms with van der Waals surface area (Å²) in [5, 5.41) is 12.5. The van der Waals surface area contributed by atoms with Crippen molar-refractivity contribution in [1.82, 2.24) is 29.9 Å². The Kier molecular flexibility index (Phi) is 11.3. The van der Waals surface area contributed by atoms with Crippen LogP contribution in [0.1, 0.15) is 43.1 Å². The number of carboxylic acid groups (broad SMARTS) is 1. The summed E-state index contributed by atoms with van der Waals surface area (Å²) in [5.41, 5.74) is 0.311. The number of benzene rings is 1. The van der Waals surface area contributed by atoms with Crippen molar-refractivity contribution in [1.29, 1.82) is 0 Å². The van der Waals surface area contributed by atoms with Crippen LogP contribution in [0.3, 0.4) is 0 Å². The molecule has 15 heteroatoms. The number of pyridine rings is 1. The van der Waals surface area contributed by atoms with Crippen LogP contribution >= 0.6 is 0 Å². The number of para-hydroxylation sites is 1. The zero-order valence-corrected chi connectivity index (χ0v) is 26.3. The Hall–Kier alpha value is -4.95. The van der Waals surface area contributed by atoms with E-state index in [-0.39, 0.29) is 75.5 Å². The number of carboxylic acids is 1. The van der Waals surface area contributed by atoms with Gasteiger partial charge in [0, 0.05) is 64.7 Å². The maximum Gasteiger partial charge on any atom is 0.409 e. The summed E-state index contributed by atoms with van der Waals surface area (Å²) in [6.07, 6.45) is 0.256. The van der Waals surface area contributed by atoms with Gasteiger partial charge in [0.05, 0.1) is 12.1 Å². The van der Waals surface area contributed by atoms with Crippen molar-refractivity contribution in [3.63, 3.8) is 0 Å². The number of ether oxygens (including phenoxy) is 2. The average molecular weight is 641 g/mol. The predicted molar refractivity (Wildman–Crippen MR) is 164 cm³/mol. The molecule has 4 rings (SSSR count). The van der Waals surface area contributed by atoms with Crippen molar-refractivity contribution < 1.29 is 43.3 Å². The van der Waals surface area contributed by atoms with E-state index in [1.165, 1.54) is 25.7 Å². The summed E-state index contributed by atoms with van der Waals surface area (Å²) in [7, 11) is 3.28. The quantitative estimate of drug-likeness (QED) is 0.359. The fourth-order valence-corrected chi connectivity index (χ4v) is 5.52. The highest BCUT2D eigenvalue weighted by Gasteiger charge is 2.35. The molecule has 15 nitrogen and oxygen atoms in total. The second-order valence-electron chi connectivity index (χ2n) is 11.3. The van der Waals surface area contributed by atoms with Crippen molar-refractivity contribution in [3.8, 4) is 5.75 Å². The molecule has 5 amide bonds. The molecule has 2 fully saturated rings. The van der Waals surface area contributed by atoms with Crippen molar-refractivity contribution in [2.45, 2.75) is 44.7 Å². The number of likely N-dealkylation sites (N-methyl/N-ethyl adjacent to an activating group) is 1. The normalized spacial score (nSPS) is 16.9. The first kappa shape index (κ1) is 33.9. The lowest BCUT2D eigenvalue weighted by Crippen LogP contribution is -2.56. The van der Waals surface area contributed by atoms with Gasteiger partial charge in [-0.25, -0.2) is 9.78 Å². The van der Waals surface area contributed by atoms with Crippen molar-refractivity contribution >= 4 is 46.6 Å². The number of likely N-dealkylation sites (tertiary alicyclic amines) is 1. The van der Waals surface area contributed by atoms with Crippen LogP contribution in [0.15, 0.2) is 30.3 Å². The minimum Gasteiger partial charge on any atom is -0.483 e. The fourth-order valence-electron chi connectivity index (χ4n) is 5.52. The van der Waals surface area contributed by atoms with Crippen molar-refractivity contribution in [2.75, 3.05) is 60.0 Å². The highest BCUT2D eigenvalue weighted by atomic mass is 16.6. The summed E-state index contributed by atoms with van der Waals surface area (Å²) >= 11 is 0. The molecule has 0 bridgehead atoms. The minimum absolute atomic E-state index is 0.0942. The lowest BCUT2D eigenvalue weighted by Gasteiger charge is -2.35. The van der Waals surface area contributed by atoms with Gasteiger partial charge in [0.15, 0.2) is 6.61 Å². The Balaban J connectivity index is 1.49. The van der Waals surface area contributed by atoms with E-state index in [1.54, 1.807) is 45.3 Å². The van der Waals surface area contributed by atoms with E-state index in [9.17, 15) is 33.9 Å². The predicted octanol–water partition coefficient (Wildman–Crippen LogP) is 0.957. The molecular formula is C31H40N6O9. The number of hydrogen-bond donors (Lipinski definition) is 2. The zero-order valence-electron chi connectivity index (χ0n) is 26.3. The highest BCUT2D eigenvalue weighted by Crippen LogP contribution is 2.26. The smallest absolute Gasteiger partial charge is 0.409 e. The molecule has 0 aliphatic carbocycles. The number of piperazine rings is 1. The van der Waals surface area contributed by atoms with Crippen LogP contribution in [-0.4, -0.2) is 137 Å². The molecule has 46 heavy (non-hydrogen) atoms. The van der Waals surface area contributed by atoms with Crippen LogP contribution in [-0.2, 0) is 23.9 Å². The van der Waals surface area contributed by atoms with Crippen molar-refractivity contribution in [2.24, 2.45) is 0 Å². The van der Waals surface area contributed by atoms with Gasteiger partial charge in [-0.15, -0.1) is 0 Å². The average Bonchev–Trinajstić information content (AvgIpc) is 3.54. The standard InChI is InChI=1S/C31H40N6O9/c1-4-45-31(44)36-16-14-35(15-17-36)29(42)22(11-12-27(39)40)33-28(41)23-18-25(20-8-5-6-9-21(20)32-23)46-19-26(38)37-13-7-10-24(37)30(43)34(2)3/h5-6,8-9,18,22,24H,4,7,10-17,19H2,1-3H3,(H,33,41)(H,39,40). The third-order valence-electron chi connectivity index (χ3n) is 7.93. The molecule has 2 saturated heterocycles. The lowest BCUT2D eigenvalue weighted by molar-refractivity contribution is -0.143. The van der Waals surface area contributed by atoms with Gasteiger partial charge >= 0.3 is 12.1 Å². The van der Waals surface area contributed by atoms with Crippen LogP contribution < -0.4 is 10.1 Å². The first-order chi connectivity index (χ1) is 22.0. The van der Waals surface area contributed by atoms with E-state index in [0.29, 0.717) is 30.3 Å². The van der Waals surface area contributed by atoms with Crippen LogP contribution in [0.4, 0.5) is 4.79 Å². The SMILES string of the molecule is CCOC(=O)N1CCN(C(=O)C(CCC(=O)O)NC(=O)c2cc(OCC(=O)N3CCCC3C(=O)N(C)C)c3ccccc3n2)CC1. The fraction of sp³-hybridized carbons (Fsp3) is 0.516. The van der Waals surface area contributed by atoms with E-state index in [0.717, 1.165) is 0 Å². The molecular weight excluding hydrogens is 600 g/mol. The molecule has 1 aromatic heterocycles. The number of carbonyl (C=O) groups is 6. The maximum atomic E-state index is 13.5. The number of amides is 5. The number of aliphatic carboxylic acids is 1. The van der Waals surface area contributed by atoms with Gasteiger partial charge in [0.25, 0.3) is 11.8 Å². The largest absolute Gasteiger partial charge is 0.483 e. The molecule has 248 valence electrons. The van der Waals surface area contributed by atoms with E-state index in [1.807, 2.05) is 0 Å². The Morgan fingerprint density at radius 1 is 1.04 bits per heavy atom. The first-order valence-corrected chi connectivity index (χ1v) is 15.3. The molecule has 3 heterocycles. The number of hydrogen-bond acceptors (Lipinski definition) is 9. The second-order valence-corrected chi connectivity index (χ2v) is 11.3. The molecule has 2 aromatic rings. The topological polar surface area (TPSA) is 179 Å². The number of nitrogens with one attached hydrogen (secondary N) is 1. The third kappa shape index (κ3) is 8.20. The summed E-state index contributed by atoms with van der Waals surface area (Å²) in [5.74, 6) is -2.65. The molecule has 2 N–H and O–H groups in total. The van der Waals surface area contributed by atoms with E-state index in [2.05, 4.69) is 10.3 Å². The third-order valence-corrected chi connectivity index (χ3v) is 7.93. The maximum absolute atomic E-state index is 13.5. The first-order valence-electron chi connectivity index (χ1n) is 15.3. The molecule has 0 radical (unpaired) electrons.